The second-order valence-corrected chi connectivity index (χ2v) is 5.53. The maximum atomic E-state index is 10.7. The van der Waals surface area contributed by atoms with Gasteiger partial charge < -0.3 is 0 Å². The lowest BCUT2D eigenvalue weighted by Crippen LogP contribution is -1.77. The van der Waals surface area contributed by atoms with Gasteiger partial charge in [-0.2, -0.15) is 0 Å². The maximum absolute atomic E-state index is 10.7. The zero-order valence-electron chi connectivity index (χ0n) is 6.38. The number of hydrogen-bond acceptors (Lipinski definition) is 2. The van der Waals surface area contributed by atoms with E-state index in [9.17, 15) is 4.79 Å². The van der Waals surface area contributed by atoms with Gasteiger partial charge in [-0.3, -0.25) is 4.79 Å². The van der Waals surface area contributed by atoms with Crippen LogP contribution in [0.2, 0.25) is 0 Å². The lowest BCUT2D eigenvalue weighted by Gasteiger charge is -1.96. The number of rotatable bonds is 1. The number of thiophene rings is 1. The molecule has 1 aromatic heterocycles. The van der Waals surface area contributed by atoms with Crippen molar-refractivity contribution in [3.05, 3.63) is 31.1 Å². The van der Waals surface area contributed by atoms with Gasteiger partial charge >= 0.3 is 0 Å². The van der Waals surface area contributed by atoms with E-state index in [1.807, 2.05) is 17.5 Å². The van der Waals surface area contributed by atoms with Gasteiger partial charge in [0.25, 0.3) is 0 Å². The van der Waals surface area contributed by atoms with Crippen molar-refractivity contribution in [2.75, 3.05) is 0 Å². The standard InChI is InChI=1S/C9H4BrIOS/c10-6-1-7-5(3-12)4-13-9(7)8(11)2-6/h1-4H. The largest absolute Gasteiger partial charge is 0.298 e. The van der Waals surface area contributed by atoms with E-state index >= 15 is 0 Å². The van der Waals surface area contributed by atoms with E-state index in [1.54, 1.807) is 11.3 Å². The van der Waals surface area contributed by atoms with Crippen LogP contribution >= 0.6 is 49.9 Å². The molecule has 0 N–H and O–H groups in total. The predicted molar refractivity (Wildman–Crippen MR) is 67.6 cm³/mol. The van der Waals surface area contributed by atoms with Gasteiger partial charge in [-0.25, -0.2) is 0 Å². The van der Waals surface area contributed by atoms with Crippen molar-refractivity contribution in [1.29, 1.82) is 0 Å². The summed E-state index contributed by atoms with van der Waals surface area (Å²) in [5.74, 6) is 0. The number of carbonyl (C=O) groups excluding carboxylic acids is 1. The van der Waals surface area contributed by atoms with Gasteiger partial charge in [-0.1, -0.05) is 15.9 Å². The normalized spacial score (nSPS) is 10.6. The van der Waals surface area contributed by atoms with Crippen LogP contribution in [0.3, 0.4) is 0 Å². The average Bonchev–Trinajstić information content (AvgIpc) is 2.47. The van der Waals surface area contributed by atoms with Crippen molar-refractivity contribution in [3.63, 3.8) is 0 Å². The van der Waals surface area contributed by atoms with E-state index in [-0.39, 0.29) is 0 Å². The van der Waals surface area contributed by atoms with E-state index in [2.05, 4.69) is 38.5 Å². The van der Waals surface area contributed by atoms with Gasteiger partial charge in [0.05, 0.1) is 0 Å². The third-order valence-corrected chi connectivity index (χ3v) is 4.47. The Kier molecular flexibility index (Phi) is 2.71. The molecule has 0 aliphatic heterocycles. The molecule has 0 aliphatic rings. The molecular weight excluding hydrogens is 363 g/mol. The fraction of sp³-hybridized carbons (Fsp3) is 0. The third-order valence-electron chi connectivity index (χ3n) is 1.75. The van der Waals surface area contributed by atoms with Crippen LogP contribution in [0.15, 0.2) is 22.0 Å². The first-order valence-corrected chi connectivity index (χ1v) is 6.29. The Morgan fingerprint density at radius 2 is 2.23 bits per heavy atom. The summed E-state index contributed by atoms with van der Waals surface area (Å²) in [7, 11) is 0. The van der Waals surface area contributed by atoms with E-state index in [4.69, 9.17) is 0 Å². The van der Waals surface area contributed by atoms with Crippen molar-refractivity contribution in [2.45, 2.75) is 0 Å². The first-order chi connectivity index (χ1) is 6.22. The van der Waals surface area contributed by atoms with E-state index in [1.165, 1.54) is 8.27 Å². The van der Waals surface area contributed by atoms with E-state index in [0.717, 1.165) is 21.7 Å². The van der Waals surface area contributed by atoms with Crippen molar-refractivity contribution in [1.82, 2.24) is 0 Å². The van der Waals surface area contributed by atoms with Crippen molar-refractivity contribution in [3.8, 4) is 0 Å². The molecule has 0 aliphatic carbocycles. The quantitative estimate of drug-likeness (QED) is 0.549. The summed E-state index contributed by atoms with van der Waals surface area (Å²) in [6, 6.07) is 4.03. The fourth-order valence-corrected chi connectivity index (χ4v) is 3.97. The molecule has 0 bridgehead atoms. The van der Waals surface area contributed by atoms with Gasteiger partial charge in [-0.05, 0) is 34.7 Å². The summed E-state index contributed by atoms with van der Waals surface area (Å²) in [6.45, 7) is 0. The zero-order chi connectivity index (χ0) is 9.42. The van der Waals surface area contributed by atoms with Crippen LogP contribution in [-0.2, 0) is 0 Å². The van der Waals surface area contributed by atoms with Gasteiger partial charge in [0.2, 0.25) is 0 Å². The molecule has 0 spiro atoms. The number of aldehydes is 1. The van der Waals surface area contributed by atoms with Crippen LogP contribution in [0.4, 0.5) is 0 Å². The number of benzene rings is 1. The lowest BCUT2D eigenvalue weighted by molar-refractivity contribution is 0.112. The zero-order valence-corrected chi connectivity index (χ0v) is 10.9. The minimum Gasteiger partial charge on any atom is -0.298 e. The van der Waals surface area contributed by atoms with Crippen molar-refractivity contribution < 1.29 is 4.79 Å². The summed E-state index contributed by atoms with van der Waals surface area (Å²) in [5.41, 5.74) is 0.777. The van der Waals surface area contributed by atoms with Crippen molar-refractivity contribution in [2.24, 2.45) is 0 Å². The molecule has 1 nitrogen and oxygen atoms in total. The summed E-state index contributed by atoms with van der Waals surface area (Å²) >= 11 is 7.31. The van der Waals surface area contributed by atoms with Crippen LogP contribution < -0.4 is 0 Å². The summed E-state index contributed by atoms with van der Waals surface area (Å²) in [4.78, 5) is 10.7. The van der Waals surface area contributed by atoms with Gasteiger partial charge in [0.15, 0.2) is 6.29 Å². The summed E-state index contributed by atoms with van der Waals surface area (Å²) in [5, 5.41) is 2.94. The minimum atomic E-state index is 0.777. The monoisotopic (exact) mass is 366 g/mol. The van der Waals surface area contributed by atoms with Gasteiger partial charge in [-0.15, -0.1) is 11.3 Å². The molecule has 2 aromatic rings. The second kappa shape index (κ2) is 3.67. The molecule has 13 heavy (non-hydrogen) atoms. The van der Waals surface area contributed by atoms with Crippen LogP contribution in [-0.4, -0.2) is 6.29 Å². The molecule has 0 amide bonds. The highest BCUT2D eigenvalue weighted by atomic mass is 127. The molecule has 0 atom stereocenters. The number of hydrogen-bond donors (Lipinski definition) is 0. The smallest absolute Gasteiger partial charge is 0.151 e. The molecule has 1 aromatic carbocycles. The van der Waals surface area contributed by atoms with Crippen LogP contribution in [0, 0.1) is 3.57 Å². The Labute approximate surface area is 101 Å². The first-order valence-electron chi connectivity index (χ1n) is 3.54. The SMILES string of the molecule is O=Cc1csc2c(I)cc(Br)cc12. The lowest BCUT2D eigenvalue weighted by atomic mass is 10.2. The highest BCUT2D eigenvalue weighted by Gasteiger charge is 2.06. The molecule has 1 heterocycles. The molecular formula is C9H4BrIOS. The first kappa shape index (κ1) is 9.61. The highest BCUT2D eigenvalue weighted by molar-refractivity contribution is 14.1. The molecule has 4 heteroatoms. The maximum Gasteiger partial charge on any atom is 0.151 e. The summed E-state index contributed by atoms with van der Waals surface area (Å²) < 4.78 is 3.39. The van der Waals surface area contributed by atoms with Gasteiger partial charge in [0, 0.05) is 29.1 Å². The molecule has 0 radical (unpaired) electrons. The molecule has 0 unspecified atom stereocenters. The molecule has 66 valence electrons. The molecule has 0 fully saturated rings. The predicted octanol–water partition coefficient (Wildman–Crippen LogP) is 4.08. The van der Waals surface area contributed by atoms with Crippen LogP contribution in [0.25, 0.3) is 10.1 Å². The van der Waals surface area contributed by atoms with E-state index < -0.39 is 0 Å². The molecule has 0 saturated carbocycles. The Bertz CT molecular complexity index is 478. The van der Waals surface area contributed by atoms with Crippen LogP contribution in [0.1, 0.15) is 10.4 Å². The van der Waals surface area contributed by atoms with Crippen molar-refractivity contribution >= 4 is 66.2 Å². The van der Waals surface area contributed by atoms with Gasteiger partial charge in [0.1, 0.15) is 0 Å². The Morgan fingerprint density at radius 3 is 2.92 bits per heavy atom. The third kappa shape index (κ3) is 1.67. The Balaban J connectivity index is 2.89. The topological polar surface area (TPSA) is 17.1 Å². The number of carbonyl (C=O) groups is 1. The van der Waals surface area contributed by atoms with Crippen LogP contribution in [0.5, 0.6) is 0 Å². The fourth-order valence-electron chi connectivity index (χ4n) is 1.17. The Morgan fingerprint density at radius 1 is 1.46 bits per heavy atom. The molecule has 0 saturated heterocycles. The summed E-state index contributed by atoms with van der Waals surface area (Å²) in [6.07, 6.45) is 0.904. The second-order valence-electron chi connectivity index (χ2n) is 2.57. The number of halogens is 2. The van der Waals surface area contributed by atoms with E-state index in [0.29, 0.717) is 0 Å². The Hall–Kier alpha value is 0.0600. The minimum absolute atomic E-state index is 0.777. The number of fused-ring (bicyclic) bond motifs is 1. The highest BCUT2D eigenvalue weighted by Crippen LogP contribution is 2.32. The average molecular weight is 367 g/mol. The molecule has 2 rings (SSSR count).